The number of nitrogens with zero attached hydrogens (tertiary/aromatic N) is 2. The van der Waals surface area contributed by atoms with Crippen molar-refractivity contribution in [2.75, 3.05) is 11.5 Å². The Balaban J connectivity index is 1.55. The lowest BCUT2D eigenvalue weighted by Gasteiger charge is -2.05. The van der Waals surface area contributed by atoms with Crippen LogP contribution in [0.3, 0.4) is 0 Å². The molecule has 0 amide bonds. The van der Waals surface area contributed by atoms with Crippen LogP contribution in [0.5, 0.6) is 5.75 Å². The van der Waals surface area contributed by atoms with Crippen molar-refractivity contribution in [3.8, 4) is 17.2 Å². The Morgan fingerprint density at radius 1 is 1.04 bits per heavy atom. The number of aromatic nitrogens is 2. The Hall–Kier alpha value is -2.03. The molecule has 3 aromatic rings. The van der Waals surface area contributed by atoms with Gasteiger partial charge in [-0.1, -0.05) is 41.6 Å². The van der Waals surface area contributed by atoms with E-state index in [0.29, 0.717) is 16.1 Å². The van der Waals surface area contributed by atoms with Gasteiger partial charge in [0.1, 0.15) is 5.75 Å². The molecule has 0 radical (unpaired) electrons. The maximum Gasteiger partial charge on any atom is 0.310 e. The third-order valence-corrected chi connectivity index (χ3v) is 5.50. The summed E-state index contributed by atoms with van der Waals surface area (Å²) in [5.74, 6) is 0.695. The van der Waals surface area contributed by atoms with E-state index in [1.54, 1.807) is 54.6 Å². The first-order chi connectivity index (χ1) is 12.0. The molecule has 0 bridgehead atoms. The van der Waals surface area contributed by atoms with Crippen molar-refractivity contribution in [2.45, 2.75) is 5.22 Å². The van der Waals surface area contributed by atoms with Gasteiger partial charge in [0.05, 0.1) is 5.75 Å². The highest BCUT2D eigenvalue weighted by molar-refractivity contribution is 8.00. The minimum Gasteiger partial charge on any atom is -0.411 e. The third-order valence-electron chi connectivity index (χ3n) is 3.02. The number of halogens is 1. The van der Waals surface area contributed by atoms with Crippen LogP contribution in [-0.4, -0.2) is 30.1 Å². The van der Waals surface area contributed by atoms with Gasteiger partial charge in [0, 0.05) is 16.3 Å². The highest BCUT2D eigenvalue weighted by atomic mass is 35.5. The minimum absolute atomic E-state index is 0.175. The standard InChI is InChI=1S/C16H13ClN2O4S2/c17-13-8-6-12(7-9-13)15-18-19-16(22-15)24-10-11-25(20,21)23-14-4-2-1-3-5-14/h1-9H,10-11H2. The molecule has 130 valence electrons. The summed E-state index contributed by atoms with van der Waals surface area (Å²) in [7, 11) is -3.68. The van der Waals surface area contributed by atoms with E-state index in [1.165, 1.54) is 0 Å². The quantitative estimate of drug-likeness (QED) is 0.442. The molecule has 0 unspecified atom stereocenters. The average Bonchev–Trinajstić information content (AvgIpc) is 3.04. The van der Waals surface area contributed by atoms with Crippen LogP contribution >= 0.6 is 23.4 Å². The number of para-hydroxylation sites is 1. The lowest BCUT2D eigenvalue weighted by molar-refractivity contribution is 0.466. The van der Waals surface area contributed by atoms with Crippen LogP contribution < -0.4 is 4.18 Å². The second-order valence-corrected chi connectivity index (χ2v) is 8.06. The summed E-state index contributed by atoms with van der Waals surface area (Å²) in [5, 5.41) is 8.74. The molecule has 0 aliphatic heterocycles. The predicted octanol–water partition coefficient (Wildman–Crippen LogP) is 3.89. The molecule has 0 saturated carbocycles. The molecule has 25 heavy (non-hydrogen) atoms. The zero-order valence-electron chi connectivity index (χ0n) is 12.8. The number of rotatable bonds is 7. The highest BCUT2D eigenvalue weighted by Gasteiger charge is 2.15. The zero-order chi connectivity index (χ0) is 17.7. The molecule has 9 heteroatoms. The molecular weight excluding hydrogens is 384 g/mol. The third kappa shape index (κ3) is 5.22. The molecule has 0 saturated heterocycles. The fourth-order valence-electron chi connectivity index (χ4n) is 1.87. The Bertz CT molecular complexity index is 928. The minimum atomic E-state index is -3.68. The molecular formula is C16H13ClN2O4S2. The molecule has 0 aliphatic rings. The first-order valence-electron chi connectivity index (χ1n) is 7.21. The van der Waals surface area contributed by atoms with Gasteiger partial charge in [-0.05, 0) is 36.4 Å². The Morgan fingerprint density at radius 3 is 2.48 bits per heavy atom. The van der Waals surface area contributed by atoms with Crippen molar-refractivity contribution < 1.29 is 17.0 Å². The Morgan fingerprint density at radius 2 is 1.76 bits per heavy atom. The van der Waals surface area contributed by atoms with E-state index in [-0.39, 0.29) is 17.3 Å². The van der Waals surface area contributed by atoms with Crippen LogP contribution in [0.1, 0.15) is 0 Å². The van der Waals surface area contributed by atoms with E-state index in [1.807, 2.05) is 0 Å². The van der Waals surface area contributed by atoms with Gasteiger partial charge in [-0.15, -0.1) is 10.2 Å². The summed E-state index contributed by atoms with van der Waals surface area (Å²) in [6.07, 6.45) is 0. The summed E-state index contributed by atoms with van der Waals surface area (Å²) >= 11 is 6.99. The van der Waals surface area contributed by atoms with E-state index in [2.05, 4.69) is 10.2 Å². The molecule has 0 spiro atoms. The van der Waals surface area contributed by atoms with Crippen molar-refractivity contribution in [1.29, 1.82) is 0 Å². The molecule has 3 rings (SSSR count). The van der Waals surface area contributed by atoms with E-state index in [9.17, 15) is 8.42 Å². The summed E-state index contributed by atoms with van der Waals surface area (Å²) < 4.78 is 34.4. The van der Waals surface area contributed by atoms with Crippen LogP contribution in [-0.2, 0) is 10.1 Å². The van der Waals surface area contributed by atoms with Crippen molar-refractivity contribution >= 4 is 33.5 Å². The second-order valence-electron chi connectivity index (χ2n) is 4.89. The second kappa shape index (κ2) is 7.90. The SMILES string of the molecule is O=S(=O)(CCSc1nnc(-c2ccc(Cl)cc2)o1)Oc1ccccc1. The molecule has 0 N–H and O–H groups in total. The predicted molar refractivity (Wildman–Crippen MR) is 96.3 cm³/mol. The van der Waals surface area contributed by atoms with Crippen LogP contribution in [0.4, 0.5) is 0 Å². The van der Waals surface area contributed by atoms with Gasteiger partial charge in [-0.3, -0.25) is 0 Å². The van der Waals surface area contributed by atoms with Crippen molar-refractivity contribution in [3.05, 3.63) is 59.6 Å². The largest absolute Gasteiger partial charge is 0.411 e. The van der Waals surface area contributed by atoms with E-state index in [4.69, 9.17) is 20.2 Å². The first-order valence-corrected chi connectivity index (χ1v) is 10.2. The normalized spacial score (nSPS) is 11.4. The Labute approximate surface area is 154 Å². The molecule has 6 nitrogen and oxygen atoms in total. The number of hydrogen-bond donors (Lipinski definition) is 0. The maximum absolute atomic E-state index is 11.9. The molecule has 0 fully saturated rings. The molecule has 1 aromatic heterocycles. The molecule has 2 aromatic carbocycles. The number of hydrogen-bond acceptors (Lipinski definition) is 7. The summed E-state index contributed by atoms with van der Waals surface area (Å²) in [4.78, 5) is 0. The lowest BCUT2D eigenvalue weighted by atomic mass is 10.2. The summed E-state index contributed by atoms with van der Waals surface area (Å²) in [6.45, 7) is 0. The van der Waals surface area contributed by atoms with Gasteiger partial charge in [0.15, 0.2) is 0 Å². The Kier molecular flexibility index (Phi) is 5.62. The molecule has 1 heterocycles. The maximum atomic E-state index is 11.9. The van der Waals surface area contributed by atoms with Crippen molar-refractivity contribution in [1.82, 2.24) is 10.2 Å². The van der Waals surface area contributed by atoms with Crippen LogP contribution in [0.25, 0.3) is 11.5 Å². The van der Waals surface area contributed by atoms with Crippen molar-refractivity contribution in [3.63, 3.8) is 0 Å². The first kappa shape index (κ1) is 17.8. The monoisotopic (exact) mass is 396 g/mol. The summed E-state index contributed by atoms with van der Waals surface area (Å²) in [5.41, 5.74) is 0.740. The van der Waals surface area contributed by atoms with Gasteiger partial charge >= 0.3 is 10.1 Å². The average molecular weight is 397 g/mol. The van der Waals surface area contributed by atoms with E-state index < -0.39 is 10.1 Å². The van der Waals surface area contributed by atoms with Crippen LogP contribution in [0.2, 0.25) is 5.02 Å². The van der Waals surface area contributed by atoms with Gasteiger partial charge in [-0.2, -0.15) is 8.42 Å². The fourth-order valence-corrected chi connectivity index (χ4v) is 4.05. The van der Waals surface area contributed by atoms with Crippen molar-refractivity contribution in [2.24, 2.45) is 0 Å². The zero-order valence-corrected chi connectivity index (χ0v) is 15.2. The highest BCUT2D eigenvalue weighted by Crippen LogP contribution is 2.24. The van der Waals surface area contributed by atoms with Gasteiger partial charge in [-0.25, -0.2) is 0 Å². The molecule has 0 aliphatic carbocycles. The topological polar surface area (TPSA) is 82.3 Å². The number of benzene rings is 2. The number of thioether (sulfide) groups is 1. The van der Waals surface area contributed by atoms with Crippen LogP contribution in [0.15, 0.2) is 64.2 Å². The fraction of sp³-hybridized carbons (Fsp3) is 0.125. The van der Waals surface area contributed by atoms with Gasteiger partial charge in [0.25, 0.3) is 5.22 Å². The molecule has 0 atom stereocenters. The van der Waals surface area contributed by atoms with Crippen LogP contribution in [0, 0.1) is 0 Å². The van der Waals surface area contributed by atoms with E-state index in [0.717, 1.165) is 17.3 Å². The lowest BCUT2D eigenvalue weighted by Crippen LogP contribution is -2.15. The van der Waals surface area contributed by atoms with E-state index >= 15 is 0 Å². The van der Waals surface area contributed by atoms with Gasteiger partial charge < -0.3 is 8.60 Å². The smallest absolute Gasteiger partial charge is 0.310 e. The van der Waals surface area contributed by atoms with Gasteiger partial charge in [0.2, 0.25) is 5.89 Å². The summed E-state index contributed by atoms with van der Waals surface area (Å²) in [6, 6.07) is 15.3.